The molecular formula is C70H83ClN6O6. The van der Waals surface area contributed by atoms with E-state index in [1.807, 2.05) is 82.6 Å². The maximum Gasteiger partial charge on any atom is 0.320 e. The Labute approximate surface area is 496 Å². The Hall–Kier alpha value is -6.83. The van der Waals surface area contributed by atoms with Gasteiger partial charge in [0, 0.05) is 74.6 Å². The summed E-state index contributed by atoms with van der Waals surface area (Å²) in [5.41, 5.74) is 27.8. The first-order valence-electron chi connectivity index (χ1n) is 30.2. The monoisotopic (exact) mass is 1140 g/mol. The van der Waals surface area contributed by atoms with Crippen LogP contribution in [0.3, 0.4) is 0 Å². The molecule has 6 fully saturated rings. The maximum absolute atomic E-state index is 13.5. The van der Waals surface area contributed by atoms with Gasteiger partial charge in [0.2, 0.25) is 0 Å². The van der Waals surface area contributed by atoms with Crippen LogP contribution in [0.15, 0.2) is 133 Å². The molecule has 0 bridgehead atoms. The van der Waals surface area contributed by atoms with E-state index in [9.17, 15) is 19.2 Å². The van der Waals surface area contributed by atoms with Gasteiger partial charge in [-0.3, -0.25) is 14.4 Å². The van der Waals surface area contributed by atoms with Gasteiger partial charge in [-0.2, -0.15) is 0 Å². The van der Waals surface area contributed by atoms with Crippen molar-refractivity contribution in [2.45, 2.75) is 103 Å². The Balaban J connectivity index is 0.000000164. The molecular weight excluding hydrogens is 1060 g/mol. The van der Waals surface area contributed by atoms with Gasteiger partial charge < -0.3 is 41.0 Å². The summed E-state index contributed by atoms with van der Waals surface area (Å²) in [4.78, 5) is 55.7. The zero-order valence-electron chi connectivity index (χ0n) is 48.7. The normalized spacial score (nSPS) is 18.4. The molecule has 83 heavy (non-hydrogen) atoms. The van der Waals surface area contributed by atoms with Crippen LogP contribution >= 0.6 is 11.6 Å². The molecule has 2 saturated carbocycles. The second-order valence-electron chi connectivity index (χ2n) is 24.6. The zero-order valence-corrected chi connectivity index (χ0v) is 49.4. The number of piperidine rings is 2. The number of morpholine rings is 2. The summed E-state index contributed by atoms with van der Waals surface area (Å²) in [6.45, 7) is 13.7. The van der Waals surface area contributed by atoms with Crippen LogP contribution in [0.25, 0.3) is 22.3 Å². The summed E-state index contributed by atoms with van der Waals surface area (Å²) >= 11 is 5.19. The molecule has 4 aliphatic heterocycles. The number of carbonyl (C=O) groups is 4. The van der Waals surface area contributed by atoms with E-state index >= 15 is 0 Å². The van der Waals surface area contributed by atoms with Crippen LogP contribution < -0.4 is 16.8 Å². The van der Waals surface area contributed by atoms with Crippen LogP contribution in [0, 0.1) is 10.8 Å². The molecule has 0 atom stereocenters. The highest BCUT2D eigenvalue weighted by Crippen LogP contribution is 2.46. The van der Waals surface area contributed by atoms with E-state index in [1.165, 1.54) is 60.8 Å². The highest BCUT2D eigenvalue weighted by molar-refractivity contribution is 6.62. The number of benzene rings is 6. The fraction of sp³-hybridized carbons (Fsp3) is 0.429. The number of amides is 3. The predicted molar refractivity (Wildman–Crippen MR) is 333 cm³/mol. The topological polar surface area (TPSA) is 161 Å². The number of anilines is 2. The maximum atomic E-state index is 13.5. The van der Waals surface area contributed by atoms with Crippen LogP contribution in [-0.2, 0) is 35.2 Å². The number of rotatable bonds is 14. The van der Waals surface area contributed by atoms with E-state index in [0.29, 0.717) is 94.1 Å². The van der Waals surface area contributed by atoms with Crippen LogP contribution in [0.5, 0.6) is 0 Å². The van der Waals surface area contributed by atoms with Gasteiger partial charge in [0.05, 0.1) is 26.4 Å². The van der Waals surface area contributed by atoms with Crippen molar-refractivity contribution in [1.82, 2.24) is 20.0 Å². The molecule has 0 aromatic heterocycles. The second-order valence-corrected chi connectivity index (χ2v) is 24.9. The first-order chi connectivity index (χ1) is 40.2. The number of urea groups is 1. The molecule has 6 aromatic carbocycles. The molecule has 436 valence electrons. The number of nitrogens with one attached hydrogen (secondary N) is 1. The Morgan fingerprint density at radius 2 is 0.904 bits per heavy atom. The van der Waals surface area contributed by atoms with Gasteiger partial charge in [-0.1, -0.05) is 111 Å². The Bertz CT molecular complexity index is 3210. The lowest BCUT2D eigenvalue weighted by atomic mass is 9.74. The number of carbonyl (C=O) groups excluding carboxylic acids is 4. The minimum absolute atomic E-state index is 0.108. The lowest BCUT2D eigenvalue weighted by molar-refractivity contribution is 0.0360. The number of hydrogen-bond donors (Lipinski definition) is 3. The number of halogens is 1. The van der Waals surface area contributed by atoms with Crippen LogP contribution in [0.1, 0.15) is 131 Å². The quantitative estimate of drug-likeness (QED) is 0.0417. The van der Waals surface area contributed by atoms with Crippen molar-refractivity contribution in [3.8, 4) is 22.3 Å². The minimum atomic E-state index is -0.377. The van der Waals surface area contributed by atoms with E-state index in [-0.39, 0.29) is 28.4 Å². The molecule has 5 N–H and O–H groups in total. The molecule has 13 heteroatoms. The number of hydrogen-bond acceptors (Lipinski definition) is 9. The standard InChI is InChI=1S/C35H41N3O3.C30H34N2O.C5H8ClNO2/c1-35(13-15-37(16-14-35)34(40)38-17-19-41-20-18-38)24-29-10-9-28(22-31(29)26-7-8-26)33(39)23-30-21-27(11-12-32(30)36)25-5-3-2-4-6-25;1-30(13-15-32-16-14-30)20-25-10-9-24(18-27(25)22-7-8-22)29(33)19-26-17-23(11-12-28(26)31)21-5-3-2-4-6-21;6-5(8)7-1-3-9-4-2-7/h2-6,9-12,21-22,26H,7-8,13-20,23-24,36H2,1H3;2-6,9-12,17-18,22,32H,7-8,13-16,19-20,31H2,1H3;1-4H2. The highest BCUT2D eigenvalue weighted by Gasteiger charge is 2.37. The predicted octanol–water partition coefficient (Wildman–Crippen LogP) is 13.2. The number of nitrogen functional groups attached to an aromatic ring is 2. The third kappa shape index (κ3) is 15.9. The summed E-state index contributed by atoms with van der Waals surface area (Å²) in [7, 11) is 0. The van der Waals surface area contributed by atoms with Crippen molar-refractivity contribution in [2.75, 3.05) is 90.3 Å². The SMILES string of the molecule is CC1(Cc2ccc(C(=O)Cc3cc(-c4ccccc4)ccc3N)cc2C2CC2)CCN(C(=O)N2CCOCC2)CC1.CC1(Cc2ccc(C(=O)Cc3cc(-c4ccccc4)ccc3N)cc2C2CC2)CCNCC1.O=C(Cl)N1CCOCC1. The number of likely N-dealkylation sites (tertiary alicyclic amines) is 1. The number of nitrogens with two attached hydrogens (primary N) is 2. The van der Waals surface area contributed by atoms with Gasteiger partial charge in [-0.25, -0.2) is 4.79 Å². The summed E-state index contributed by atoms with van der Waals surface area (Å²) in [6.07, 6.45) is 12.0. The summed E-state index contributed by atoms with van der Waals surface area (Å²) in [5.74, 6) is 1.44. The summed E-state index contributed by atoms with van der Waals surface area (Å²) < 4.78 is 10.4. The van der Waals surface area contributed by atoms with E-state index < -0.39 is 0 Å². The van der Waals surface area contributed by atoms with Crippen molar-refractivity contribution in [1.29, 1.82) is 0 Å². The van der Waals surface area contributed by atoms with E-state index in [0.717, 1.165) is 96.4 Å². The van der Waals surface area contributed by atoms with Crippen LogP contribution in [0.2, 0.25) is 0 Å². The Morgan fingerprint density at radius 1 is 0.494 bits per heavy atom. The van der Waals surface area contributed by atoms with E-state index in [1.54, 1.807) is 4.90 Å². The lowest BCUT2D eigenvalue weighted by Crippen LogP contribution is -2.51. The summed E-state index contributed by atoms with van der Waals surface area (Å²) in [5, 5.41) is 3.11. The Kier molecular flexibility index (Phi) is 19.5. The minimum Gasteiger partial charge on any atom is -0.398 e. The molecule has 0 radical (unpaired) electrons. The number of ether oxygens (including phenoxy) is 2. The van der Waals surface area contributed by atoms with E-state index in [2.05, 4.69) is 79.8 Å². The fourth-order valence-electron chi connectivity index (χ4n) is 12.3. The third-order valence-corrected chi connectivity index (χ3v) is 18.2. The van der Waals surface area contributed by atoms with Crippen molar-refractivity contribution >= 4 is 45.9 Å². The van der Waals surface area contributed by atoms with Gasteiger partial charge in [0.25, 0.3) is 0 Å². The fourth-order valence-corrected chi connectivity index (χ4v) is 12.5. The first-order valence-corrected chi connectivity index (χ1v) is 30.6. The van der Waals surface area contributed by atoms with Crippen molar-refractivity contribution < 1.29 is 28.7 Å². The number of Topliss-reactive ketones (excluding diaryl/α,β-unsaturated/α-hetero) is 2. The average Bonchev–Trinajstić information content (AvgIpc) is 4.63. The largest absolute Gasteiger partial charge is 0.398 e. The van der Waals surface area contributed by atoms with E-state index in [4.69, 9.17) is 32.5 Å². The van der Waals surface area contributed by atoms with Gasteiger partial charge in [0.15, 0.2) is 11.6 Å². The highest BCUT2D eigenvalue weighted by atomic mass is 35.5. The van der Waals surface area contributed by atoms with Crippen molar-refractivity contribution in [3.05, 3.63) is 178 Å². The smallest absolute Gasteiger partial charge is 0.320 e. The molecule has 6 aliphatic rings. The molecule has 6 aromatic rings. The van der Waals surface area contributed by atoms with Crippen LogP contribution in [-0.4, -0.2) is 116 Å². The average molecular weight is 1140 g/mol. The molecule has 12 rings (SSSR count). The van der Waals surface area contributed by atoms with Crippen molar-refractivity contribution in [3.63, 3.8) is 0 Å². The Morgan fingerprint density at radius 3 is 1.31 bits per heavy atom. The second kappa shape index (κ2) is 27.3. The molecule has 4 heterocycles. The zero-order chi connectivity index (χ0) is 57.9. The van der Waals surface area contributed by atoms with Gasteiger partial charge in [-0.15, -0.1) is 0 Å². The molecule has 3 amide bonds. The molecule has 0 unspecified atom stereocenters. The molecule has 0 spiro atoms. The number of nitrogens with zero attached hydrogens (tertiary/aromatic N) is 3. The molecule has 4 saturated heterocycles. The van der Waals surface area contributed by atoms with Gasteiger partial charge in [-0.05, 0) is 204 Å². The van der Waals surface area contributed by atoms with Crippen molar-refractivity contribution in [2.24, 2.45) is 10.8 Å². The van der Waals surface area contributed by atoms with Gasteiger partial charge >= 0.3 is 11.4 Å². The molecule has 12 nitrogen and oxygen atoms in total. The number of ketones is 2. The van der Waals surface area contributed by atoms with Gasteiger partial charge in [0.1, 0.15) is 0 Å². The molecule has 2 aliphatic carbocycles. The van der Waals surface area contributed by atoms with Crippen LogP contribution in [0.4, 0.5) is 21.0 Å². The lowest BCUT2D eigenvalue weighted by Gasteiger charge is -2.42. The first kappa shape index (κ1) is 59.3. The summed E-state index contributed by atoms with van der Waals surface area (Å²) in [6, 6.07) is 45.4. The third-order valence-electron chi connectivity index (χ3n) is 18.0.